The Bertz CT molecular complexity index is 622. The van der Waals surface area contributed by atoms with Crippen molar-refractivity contribution < 1.29 is 22.0 Å². The predicted molar refractivity (Wildman–Crippen MR) is 61.8 cm³/mol. The van der Waals surface area contributed by atoms with Gasteiger partial charge in [-0.05, 0) is 18.2 Å². The molecule has 2 aromatic rings. The molecule has 2 nitrogen and oxygen atoms in total. The van der Waals surface area contributed by atoms with E-state index in [2.05, 4.69) is 0 Å². The molecule has 2 rings (SSSR count). The van der Waals surface area contributed by atoms with E-state index in [1.807, 2.05) is 5.43 Å². The Morgan fingerprint density at radius 3 is 1.95 bits per heavy atom. The second-order valence-corrected chi connectivity index (χ2v) is 4.05. The number of hydrazine groups is 1. The Morgan fingerprint density at radius 1 is 0.800 bits per heavy atom. The van der Waals surface area contributed by atoms with Crippen LogP contribution in [0, 0.1) is 29.1 Å². The highest BCUT2D eigenvalue weighted by molar-refractivity contribution is 5.35. The fourth-order valence-corrected chi connectivity index (χ4v) is 1.89. The first-order valence-electron chi connectivity index (χ1n) is 5.49. The molecule has 0 heterocycles. The smallest absolute Gasteiger partial charge is 0.134 e. The molecule has 0 amide bonds. The van der Waals surface area contributed by atoms with E-state index in [0.717, 1.165) is 18.2 Å². The molecule has 20 heavy (non-hydrogen) atoms. The van der Waals surface area contributed by atoms with Crippen molar-refractivity contribution in [2.45, 2.75) is 6.04 Å². The van der Waals surface area contributed by atoms with Crippen LogP contribution in [-0.2, 0) is 0 Å². The maximum absolute atomic E-state index is 13.7. The molecule has 0 fully saturated rings. The minimum Gasteiger partial charge on any atom is -0.271 e. The Hall–Kier alpha value is -1.99. The van der Waals surface area contributed by atoms with Gasteiger partial charge in [-0.1, -0.05) is 0 Å². The summed E-state index contributed by atoms with van der Waals surface area (Å²) in [6.45, 7) is 0. The van der Waals surface area contributed by atoms with Crippen molar-refractivity contribution in [3.63, 3.8) is 0 Å². The molecule has 106 valence electrons. The zero-order chi connectivity index (χ0) is 14.9. The maximum atomic E-state index is 13.7. The third kappa shape index (κ3) is 2.63. The molecule has 7 heteroatoms. The quantitative estimate of drug-likeness (QED) is 0.518. The summed E-state index contributed by atoms with van der Waals surface area (Å²) in [6, 6.07) is 1.77. The topological polar surface area (TPSA) is 38.0 Å². The zero-order valence-corrected chi connectivity index (χ0v) is 9.93. The van der Waals surface area contributed by atoms with Gasteiger partial charge in [0.05, 0.1) is 6.04 Å². The van der Waals surface area contributed by atoms with E-state index in [9.17, 15) is 22.0 Å². The van der Waals surface area contributed by atoms with Crippen LogP contribution in [-0.4, -0.2) is 0 Å². The summed E-state index contributed by atoms with van der Waals surface area (Å²) < 4.78 is 67.0. The molecule has 0 aliphatic carbocycles. The van der Waals surface area contributed by atoms with Crippen LogP contribution < -0.4 is 11.3 Å². The fraction of sp³-hybridized carbons (Fsp3) is 0.0769. The number of nitrogens with one attached hydrogen (secondary N) is 1. The van der Waals surface area contributed by atoms with Crippen molar-refractivity contribution in [1.82, 2.24) is 5.43 Å². The van der Waals surface area contributed by atoms with Crippen LogP contribution in [0.3, 0.4) is 0 Å². The molecule has 0 aliphatic heterocycles. The normalized spacial score (nSPS) is 12.5. The van der Waals surface area contributed by atoms with Gasteiger partial charge in [-0.25, -0.2) is 27.4 Å². The van der Waals surface area contributed by atoms with Crippen molar-refractivity contribution in [1.29, 1.82) is 0 Å². The van der Waals surface area contributed by atoms with E-state index >= 15 is 0 Å². The summed E-state index contributed by atoms with van der Waals surface area (Å²) in [5, 5.41) is 0. The second-order valence-electron chi connectivity index (χ2n) is 4.05. The van der Waals surface area contributed by atoms with Crippen molar-refractivity contribution in [2.24, 2.45) is 5.84 Å². The van der Waals surface area contributed by atoms with Crippen LogP contribution >= 0.6 is 0 Å². The average molecular weight is 288 g/mol. The van der Waals surface area contributed by atoms with Crippen LogP contribution in [0.4, 0.5) is 22.0 Å². The molecule has 0 radical (unpaired) electrons. The van der Waals surface area contributed by atoms with E-state index in [0.29, 0.717) is 12.1 Å². The van der Waals surface area contributed by atoms with E-state index < -0.39 is 46.3 Å². The number of nitrogens with two attached hydrogens (primary N) is 1. The third-order valence-corrected chi connectivity index (χ3v) is 2.77. The third-order valence-electron chi connectivity index (χ3n) is 2.77. The second kappa shape index (κ2) is 5.56. The number of hydrogen-bond donors (Lipinski definition) is 2. The van der Waals surface area contributed by atoms with E-state index in [4.69, 9.17) is 5.84 Å². The Balaban J connectivity index is 2.61. The molecule has 3 N–H and O–H groups in total. The minimum atomic E-state index is -1.49. The van der Waals surface area contributed by atoms with Crippen LogP contribution in [0.1, 0.15) is 17.2 Å². The lowest BCUT2D eigenvalue weighted by molar-refractivity contribution is 0.479. The first-order valence-corrected chi connectivity index (χ1v) is 5.49. The number of hydrogen-bond acceptors (Lipinski definition) is 2. The van der Waals surface area contributed by atoms with Gasteiger partial charge in [0.25, 0.3) is 0 Å². The molecule has 0 aromatic heterocycles. The van der Waals surface area contributed by atoms with Gasteiger partial charge in [-0.2, -0.15) is 0 Å². The van der Waals surface area contributed by atoms with Crippen molar-refractivity contribution in [2.75, 3.05) is 0 Å². The standard InChI is InChI=1S/C13H9F5N2/c14-6-1-2-9(16)8(3-6)13(20-19)12-10(17)4-7(15)5-11(12)18/h1-5,13,20H,19H2. The van der Waals surface area contributed by atoms with E-state index in [-0.39, 0.29) is 0 Å². The van der Waals surface area contributed by atoms with Crippen LogP contribution in [0.15, 0.2) is 30.3 Å². The van der Waals surface area contributed by atoms with Gasteiger partial charge in [0, 0.05) is 23.3 Å². The SMILES string of the molecule is NNC(c1cc(F)ccc1F)c1c(F)cc(F)cc1F. The van der Waals surface area contributed by atoms with Gasteiger partial charge in [0.1, 0.15) is 29.1 Å². The number of halogens is 5. The van der Waals surface area contributed by atoms with Crippen LogP contribution in [0.25, 0.3) is 0 Å². The van der Waals surface area contributed by atoms with Crippen molar-refractivity contribution in [3.8, 4) is 0 Å². The molecule has 1 atom stereocenters. The summed E-state index contributed by atoms with van der Waals surface area (Å²) in [7, 11) is 0. The van der Waals surface area contributed by atoms with Gasteiger partial charge in [-0.3, -0.25) is 5.84 Å². The molecule has 0 spiro atoms. The molecular formula is C13H9F5N2. The van der Waals surface area contributed by atoms with Gasteiger partial charge in [-0.15, -0.1) is 0 Å². The van der Waals surface area contributed by atoms with Gasteiger partial charge < -0.3 is 0 Å². The highest BCUT2D eigenvalue weighted by atomic mass is 19.2. The van der Waals surface area contributed by atoms with Gasteiger partial charge >= 0.3 is 0 Å². The zero-order valence-electron chi connectivity index (χ0n) is 9.93. The summed E-state index contributed by atoms with van der Waals surface area (Å²) >= 11 is 0. The Labute approximate surface area is 111 Å². The highest BCUT2D eigenvalue weighted by Crippen LogP contribution is 2.29. The van der Waals surface area contributed by atoms with Gasteiger partial charge in [0.2, 0.25) is 0 Å². The van der Waals surface area contributed by atoms with Crippen LogP contribution in [0.2, 0.25) is 0 Å². The first-order chi connectivity index (χ1) is 9.43. The summed E-state index contributed by atoms with van der Waals surface area (Å²) in [5.74, 6) is -0.178. The lowest BCUT2D eigenvalue weighted by atomic mass is 9.97. The maximum Gasteiger partial charge on any atom is 0.134 e. The molecule has 1 unspecified atom stereocenters. The van der Waals surface area contributed by atoms with E-state index in [1.54, 1.807) is 0 Å². The van der Waals surface area contributed by atoms with Gasteiger partial charge in [0.15, 0.2) is 0 Å². The monoisotopic (exact) mass is 288 g/mol. The molecule has 0 saturated heterocycles. The summed E-state index contributed by atoms with van der Waals surface area (Å²) in [6.07, 6.45) is 0. The van der Waals surface area contributed by atoms with E-state index in [1.165, 1.54) is 0 Å². The number of rotatable bonds is 3. The molecule has 2 aromatic carbocycles. The molecule has 0 saturated carbocycles. The summed E-state index contributed by atoms with van der Waals surface area (Å²) in [4.78, 5) is 0. The lowest BCUT2D eigenvalue weighted by Crippen LogP contribution is -2.31. The summed E-state index contributed by atoms with van der Waals surface area (Å²) in [5.41, 5.74) is 0.907. The lowest BCUT2D eigenvalue weighted by Gasteiger charge is -2.19. The predicted octanol–water partition coefficient (Wildman–Crippen LogP) is 2.93. The molecule has 0 bridgehead atoms. The van der Waals surface area contributed by atoms with Crippen molar-refractivity contribution >= 4 is 0 Å². The molecular weight excluding hydrogens is 279 g/mol. The van der Waals surface area contributed by atoms with Crippen molar-refractivity contribution in [3.05, 3.63) is 70.5 Å². The Kier molecular flexibility index (Phi) is 4.01. The Morgan fingerprint density at radius 2 is 1.40 bits per heavy atom. The largest absolute Gasteiger partial charge is 0.271 e. The van der Waals surface area contributed by atoms with Crippen LogP contribution in [0.5, 0.6) is 0 Å². The highest BCUT2D eigenvalue weighted by Gasteiger charge is 2.25. The number of benzene rings is 2. The fourth-order valence-electron chi connectivity index (χ4n) is 1.89. The molecule has 0 aliphatic rings. The minimum absolute atomic E-state index is 0.392. The first kappa shape index (κ1) is 14.4. The average Bonchev–Trinajstić information content (AvgIpc) is 2.37.